The third-order valence-electron chi connectivity index (χ3n) is 4.86. The van der Waals surface area contributed by atoms with Crippen molar-refractivity contribution in [3.05, 3.63) is 48.0 Å². The number of nitrogens with zero attached hydrogens (tertiary/aromatic N) is 1. The first kappa shape index (κ1) is 24.8. The summed E-state index contributed by atoms with van der Waals surface area (Å²) in [7, 11) is 3.09. The molecule has 174 valence electrons. The highest BCUT2D eigenvalue weighted by Gasteiger charge is 2.30. The zero-order chi connectivity index (χ0) is 24.1. The number of nitrogens with one attached hydrogen (secondary N) is 1. The highest BCUT2D eigenvalue weighted by molar-refractivity contribution is 5.91. The van der Waals surface area contributed by atoms with Crippen molar-refractivity contribution in [1.29, 1.82) is 0 Å². The molecule has 0 saturated carbocycles. The van der Waals surface area contributed by atoms with Crippen molar-refractivity contribution in [2.45, 2.75) is 52.3 Å². The second-order valence-corrected chi connectivity index (χ2v) is 8.81. The van der Waals surface area contributed by atoms with Gasteiger partial charge < -0.3 is 29.5 Å². The van der Waals surface area contributed by atoms with E-state index in [2.05, 4.69) is 5.32 Å². The molecule has 0 unspecified atom stereocenters. The van der Waals surface area contributed by atoms with E-state index in [9.17, 15) is 14.7 Å². The number of carboxylic acid groups (broad SMARTS) is 1. The molecule has 0 bridgehead atoms. The maximum absolute atomic E-state index is 13.2. The van der Waals surface area contributed by atoms with Gasteiger partial charge in [0.2, 0.25) is 0 Å². The number of hydrogen-bond donors (Lipinski definition) is 2. The van der Waals surface area contributed by atoms with Crippen molar-refractivity contribution in [3.63, 3.8) is 0 Å². The van der Waals surface area contributed by atoms with Gasteiger partial charge in [0.25, 0.3) is 0 Å². The van der Waals surface area contributed by atoms with E-state index in [-0.39, 0.29) is 6.03 Å². The van der Waals surface area contributed by atoms with Crippen LogP contribution in [-0.4, -0.2) is 47.4 Å². The number of anilines is 1. The monoisotopic (exact) mass is 444 g/mol. The number of aliphatic carboxylic acids is 1. The van der Waals surface area contributed by atoms with E-state index in [1.165, 1.54) is 21.0 Å². The van der Waals surface area contributed by atoms with Crippen molar-refractivity contribution >= 4 is 17.7 Å². The van der Waals surface area contributed by atoms with Crippen LogP contribution in [0, 0.1) is 0 Å². The zero-order valence-electron chi connectivity index (χ0n) is 19.7. The van der Waals surface area contributed by atoms with Crippen molar-refractivity contribution in [2.24, 2.45) is 0 Å². The van der Waals surface area contributed by atoms with Gasteiger partial charge in [-0.15, -0.1) is 0 Å². The van der Waals surface area contributed by atoms with Crippen LogP contribution in [0.2, 0.25) is 0 Å². The maximum atomic E-state index is 13.2. The molecule has 0 aliphatic rings. The van der Waals surface area contributed by atoms with Gasteiger partial charge in [0.15, 0.2) is 5.60 Å². The SMILES string of the molecule is COc1ccc(NC(=O)N(Cc2ccc(OC(C)(C)C(=O)O)cc2)C(C)(C)C)c(OC)c1. The molecule has 2 amide bonds. The van der Waals surface area contributed by atoms with Crippen LogP contribution < -0.4 is 19.5 Å². The molecule has 0 radical (unpaired) electrons. The minimum atomic E-state index is -1.34. The van der Waals surface area contributed by atoms with Crippen LogP contribution in [0.1, 0.15) is 40.2 Å². The average molecular weight is 445 g/mol. The average Bonchev–Trinajstić information content (AvgIpc) is 2.72. The molecule has 0 heterocycles. The molecule has 2 aromatic rings. The van der Waals surface area contributed by atoms with E-state index in [4.69, 9.17) is 14.2 Å². The smallest absolute Gasteiger partial charge is 0.347 e. The molecule has 2 aromatic carbocycles. The van der Waals surface area contributed by atoms with Crippen LogP contribution in [0.4, 0.5) is 10.5 Å². The summed E-state index contributed by atoms with van der Waals surface area (Å²) in [4.78, 5) is 26.1. The lowest BCUT2D eigenvalue weighted by Crippen LogP contribution is -2.47. The van der Waals surface area contributed by atoms with Gasteiger partial charge in [-0.2, -0.15) is 0 Å². The van der Waals surface area contributed by atoms with E-state index >= 15 is 0 Å². The molecule has 32 heavy (non-hydrogen) atoms. The molecule has 0 spiro atoms. The van der Waals surface area contributed by atoms with Gasteiger partial charge in [-0.3, -0.25) is 0 Å². The van der Waals surface area contributed by atoms with Crippen molar-refractivity contribution in [3.8, 4) is 17.2 Å². The Bertz CT molecular complexity index is 948. The summed E-state index contributed by atoms with van der Waals surface area (Å²) in [5.41, 5.74) is -0.398. The summed E-state index contributed by atoms with van der Waals surface area (Å²) in [5, 5.41) is 12.1. The van der Waals surface area contributed by atoms with Crippen molar-refractivity contribution in [1.82, 2.24) is 4.90 Å². The van der Waals surface area contributed by atoms with E-state index in [1.807, 2.05) is 32.9 Å². The zero-order valence-corrected chi connectivity index (χ0v) is 19.7. The summed E-state index contributed by atoms with van der Waals surface area (Å²) in [6.07, 6.45) is 0. The van der Waals surface area contributed by atoms with Crippen molar-refractivity contribution < 1.29 is 28.9 Å². The number of urea groups is 1. The molecule has 0 saturated heterocycles. The van der Waals surface area contributed by atoms with E-state index in [1.54, 1.807) is 42.3 Å². The van der Waals surface area contributed by atoms with Gasteiger partial charge in [-0.25, -0.2) is 9.59 Å². The Morgan fingerprint density at radius 1 is 0.938 bits per heavy atom. The standard InChI is InChI=1S/C24H32N2O6/c1-23(2,3)26(22(29)25-19-13-12-18(30-6)14-20(19)31-7)15-16-8-10-17(11-9-16)32-24(4,5)21(27)28/h8-14H,15H2,1-7H3,(H,25,29)(H,27,28). The van der Waals surface area contributed by atoms with Crippen LogP contribution >= 0.6 is 0 Å². The fourth-order valence-corrected chi connectivity index (χ4v) is 2.88. The molecule has 2 N–H and O–H groups in total. The molecule has 0 fully saturated rings. The van der Waals surface area contributed by atoms with Crippen LogP contribution in [0.25, 0.3) is 0 Å². The number of carbonyl (C=O) groups excluding carboxylic acids is 1. The highest BCUT2D eigenvalue weighted by atomic mass is 16.5. The first-order valence-electron chi connectivity index (χ1n) is 10.2. The van der Waals surface area contributed by atoms with E-state index in [0.717, 1.165) is 5.56 Å². The normalized spacial score (nSPS) is 11.5. The Morgan fingerprint density at radius 3 is 2.03 bits per heavy atom. The Labute approximate surface area is 189 Å². The van der Waals surface area contributed by atoms with Gasteiger partial charge in [0.05, 0.1) is 19.9 Å². The third-order valence-corrected chi connectivity index (χ3v) is 4.86. The number of carbonyl (C=O) groups is 2. The second kappa shape index (κ2) is 9.80. The van der Waals surface area contributed by atoms with Crippen molar-refractivity contribution in [2.75, 3.05) is 19.5 Å². The van der Waals surface area contributed by atoms with Crippen LogP contribution in [0.3, 0.4) is 0 Å². The van der Waals surface area contributed by atoms with E-state index < -0.39 is 17.1 Å². The molecule has 8 nitrogen and oxygen atoms in total. The molecule has 0 aromatic heterocycles. The van der Waals surface area contributed by atoms with Gasteiger partial charge in [0, 0.05) is 18.2 Å². The molecule has 0 aliphatic carbocycles. The minimum absolute atomic E-state index is 0.284. The fraction of sp³-hybridized carbons (Fsp3) is 0.417. The predicted molar refractivity (Wildman–Crippen MR) is 123 cm³/mol. The van der Waals surface area contributed by atoms with Crippen LogP contribution in [0.15, 0.2) is 42.5 Å². The fourth-order valence-electron chi connectivity index (χ4n) is 2.88. The number of benzene rings is 2. The molecule has 8 heteroatoms. The highest BCUT2D eigenvalue weighted by Crippen LogP contribution is 2.30. The van der Waals surface area contributed by atoms with E-state index in [0.29, 0.717) is 29.5 Å². The Morgan fingerprint density at radius 2 is 1.53 bits per heavy atom. The summed E-state index contributed by atoms with van der Waals surface area (Å²) < 4.78 is 16.1. The minimum Gasteiger partial charge on any atom is -0.497 e. The summed E-state index contributed by atoms with van der Waals surface area (Å²) >= 11 is 0. The Hall–Kier alpha value is -3.42. The van der Waals surface area contributed by atoms with Crippen LogP contribution in [-0.2, 0) is 11.3 Å². The lowest BCUT2D eigenvalue weighted by molar-refractivity contribution is -0.152. The lowest BCUT2D eigenvalue weighted by Gasteiger charge is -2.36. The molecule has 0 atom stereocenters. The largest absolute Gasteiger partial charge is 0.497 e. The second-order valence-electron chi connectivity index (χ2n) is 8.81. The van der Waals surface area contributed by atoms with Gasteiger partial charge >= 0.3 is 12.0 Å². The summed E-state index contributed by atoms with van der Waals surface area (Å²) in [6.45, 7) is 9.17. The Balaban J connectivity index is 2.19. The van der Waals surface area contributed by atoms with Crippen LogP contribution in [0.5, 0.6) is 17.2 Å². The number of methoxy groups -OCH3 is 2. The first-order valence-corrected chi connectivity index (χ1v) is 10.2. The molecule has 2 rings (SSSR count). The lowest BCUT2D eigenvalue weighted by atomic mass is 10.0. The molecular weight excluding hydrogens is 412 g/mol. The number of ether oxygens (including phenoxy) is 3. The molecule has 0 aliphatic heterocycles. The molecular formula is C24H32N2O6. The Kier molecular flexibility index (Phi) is 7.61. The first-order chi connectivity index (χ1) is 14.9. The third kappa shape index (κ3) is 6.29. The topological polar surface area (TPSA) is 97.3 Å². The predicted octanol–water partition coefficient (Wildman–Crippen LogP) is 4.78. The maximum Gasteiger partial charge on any atom is 0.347 e. The number of carboxylic acids is 1. The van der Waals surface area contributed by atoms with Gasteiger partial charge in [-0.1, -0.05) is 12.1 Å². The number of hydrogen-bond acceptors (Lipinski definition) is 5. The van der Waals surface area contributed by atoms with Gasteiger partial charge in [0.1, 0.15) is 17.2 Å². The quantitative estimate of drug-likeness (QED) is 0.608. The van der Waals surface area contributed by atoms with Gasteiger partial charge in [-0.05, 0) is 64.4 Å². The number of amides is 2. The number of rotatable bonds is 8. The summed E-state index contributed by atoms with van der Waals surface area (Å²) in [5.74, 6) is 0.511. The summed E-state index contributed by atoms with van der Waals surface area (Å²) in [6, 6.07) is 11.9.